The molecule has 0 N–H and O–H groups in total. The maximum absolute atomic E-state index is 13.6. The number of carbonyl (C=O) groups is 4. The third-order valence-electron chi connectivity index (χ3n) is 14.7. The highest BCUT2D eigenvalue weighted by Gasteiger charge is 2.41. The molecule has 0 rings (SSSR count). The average molecular weight is 1100 g/mol. The molecule has 0 spiro atoms. The molecule has 0 aromatic heterocycles. The zero-order valence-corrected chi connectivity index (χ0v) is 51.2. The van der Waals surface area contributed by atoms with E-state index in [1.807, 2.05) is 0 Å². The predicted octanol–water partition coefficient (Wildman–Crippen LogP) is 20.2. The second-order valence-electron chi connectivity index (χ2n) is 22.2. The molecular formula is C64H122O11P+. The Kier molecular flexibility index (Phi) is 58.9. The summed E-state index contributed by atoms with van der Waals surface area (Å²) in [6.07, 6.45) is 52.1. The third-order valence-corrected chi connectivity index (χ3v) is 15.5. The van der Waals surface area contributed by atoms with Gasteiger partial charge in [0.2, 0.25) is 12.2 Å². The fourth-order valence-electron chi connectivity index (χ4n) is 9.66. The van der Waals surface area contributed by atoms with Crippen LogP contribution >= 0.6 is 8.25 Å². The topological polar surface area (TPSA) is 141 Å². The molecule has 0 aliphatic rings. The molecule has 2 atom stereocenters. The van der Waals surface area contributed by atoms with E-state index >= 15 is 0 Å². The van der Waals surface area contributed by atoms with Crippen LogP contribution in [-0.4, -0.2) is 62.5 Å². The molecular weight excluding hydrogens is 976 g/mol. The van der Waals surface area contributed by atoms with Crippen LogP contribution in [0.25, 0.3) is 0 Å². The van der Waals surface area contributed by atoms with E-state index in [1.165, 1.54) is 205 Å². The molecule has 0 aliphatic carbocycles. The Hall–Kier alpha value is -2.10. The second-order valence-corrected chi connectivity index (χ2v) is 23.0. The summed E-state index contributed by atoms with van der Waals surface area (Å²) in [5, 5.41) is 0. The Bertz CT molecular complexity index is 1200. The van der Waals surface area contributed by atoms with E-state index in [-0.39, 0.29) is 26.4 Å². The highest BCUT2D eigenvalue weighted by atomic mass is 31.1. The number of ether oxygens (including phenoxy) is 4. The highest BCUT2D eigenvalue weighted by molar-refractivity contribution is 7.33. The second kappa shape index (κ2) is 60.5. The Labute approximate surface area is 469 Å². The van der Waals surface area contributed by atoms with E-state index in [2.05, 4.69) is 27.7 Å². The fourth-order valence-corrected chi connectivity index (χ4v) is 10.4. The minimum absolute atomic E-state index is 0.126. The molecule has 0 aromatic carbocycles. The molecule has 11 nitrogen and oxygen atoms in total. The molecule has 0 bridgehead atoms. The first-order valence-corrected chi connectivity index (χ1v) is 33.8. The van der Waals surface area contributed by atoms with Gasteiger partial charge in [-0.15, -0.1) is 9.05 Å². The van der Waals surface area contributed by atoms with Crippen LogP contribution in [0.15, 0.2) is 0 Å². The van der Waals surface area contributed by atoms with Crippen LogP contribution < -0.4 is 0 Å². The highest BCUT2D eigenvalue weighted by Crippen LogP contribution is 2.32. The van der Waals surface area contributed by atoms with Crippen molar-refractivity contribution < 1.29 is 51.7 Å². The summed E-state index contributed by atoms with van der Waals surface area (Å²) >= 11 is 0. The molecule has 12 heteroatoms. The van der Waals surface area contributed by atoms with E-state index in [0.717, 1.165) is 77.0 Å². The lowest BCUT2D eigenvalue weighted by Gasteiger charge is -2.13. The van der Waals surface area contributed by atoms with Crippen LogP contribution in [0.1, 0.15) is 349 Å². The molecule has 0 aliphatic heterocycles. The molecule has 0 aromatic rings. The molecule has 0 saturated carbocycles. The van der Waals surface area contributed by atoms with Gasteiger partial charge in [-0.3, -0.25) is 9.59 Å². The number of rotatable bonds is 62. The van der Waals surface area contributed by atoms with E-state index < -0.39 is 57.2 Å². The Balaban J connectivity index is 5.35. The van der Waals surface area contributed by atoms with Gasteiger partial charge in [0.05, 0.1) is 39.3 Å². The van der Waals surface area contributed by atoms with E-state index in [1.54, 1.807) is 0 Å². The molecule has 0 fully saturated rings. The lowest BCUT2D eigenvalue weighted by molar-refractivity contribution is -0.161. The van der Waals surface area contributed by atoms with Crippen molar-refractivity contribution in [3.63, 3.8) is 0 Å². The summed E-state index contributed by atoms with van der Waals surface area (Å²) in [6.45, 7) is 9.62. The molecule has 0 saturated heterocycles. The Morgan fingerprint density at radius 2 is 0.434 bits per heavy atom. The van der Waals surface area contributed by atoms with Crippen LogP contribution in [0.5, 0.6) is 0 Å². The standard InChI is InChI=1S/C64H122O11P/c1-5-9-13-17-21-25-29-33-37-41-45-49-53-70-61(65)57-59(63(67)72-55-51-47-43-39-35-31-27-23-19-15-11-7-3)74-76(69)75-60(64(68)73-56-52-48-44-40-36-32-28-24-20-16-12-8-4)58-62(66)71-54-50-46-42-38-34-30-26-22-18-14-10-6-2/h59-60H,5-58H2,1-4H3/q+1. The van der Waals surface area contributed by atoms with Gasteiger partial charge in [-0.05, 0) is 25.7 Å². The first-order valence-electron chi connectivity index (χ1n) is 32.7. The average Bonchev–Trinajstić information content (AvgIpc) is 3.41. The lowest BCUT2D eigenvalue weighted by Crippen LogP contribution is -2.31. The minimum atomic E-state index is -3.19. The smallest absolute Gasteiger partial charge is 0.466 e. The number of hydrogen-bond acceptors (Lipinski definition) is 11. The van der Waals surface area contributed by atoms with Crippen molar-refractivity contribution in [3.05, 3.63) is 0 Å². The number of hydrogen-bond donors (Lipinski definition) is 0. The lowest BCUT2D eigenvalue weighted by atomic mass is 10.1. The first kappa shape index (κ1) is 73.9. The van der Waals surface area contributed by atoms with Crippen molar-refractivity contribution in [1.29, 1.82) is 0 Å². The van der Waals surface area contributed by atoms with Crippen molar-refractivity contribution in [2.24, 2.45) is 0 Å². The number of esters is 4. The van der Waals surface area contributed by atoms with Gasteiger partial charge >= 0.3 is 32.1 Å². The van der Waals surface area contributed by atoms with Gasteiger partial charge in [0.25, 0.3) is 0 Å². The van der Waals surface area contributed by atoms with Gasteiger partial charge in [-0.25, -0.2) is 9.59 Å². The fraction of sp³-hybridized carbons (Fsp3) is 0.938. The summed E-state index contributed by atoms with van der Waals surface area (Å²) in [7, 11) is -3.19. The molecule has 2 unspecified atom stereocenters. The van der Waals surface area contributed by atoms with Crippen molar-refractivity contribution in [2.75, 3.05) is 26.4 Å². The summed E-state index contributed by atoms with van der Waals surface area (Å²) in [6, 6.07) is 0. The SMILES string of the molecule is CCCCCCCCCCCCCCOC(=O)CC(O[P+](=O)OC(CC(=O)OCCCCCCCCCCCCCC)C(=O)OCCCCCCCCCCCCCC)C(=O)OCCCCCCCCCCCCCC. The first-order chi connectivity index (χ1) is 37.3. The maximum Gasteiger partial charge on any atom is 0.699 e. The monoisotopic (exact) mass is 1100 g/mol. The van der Waals surface area contributed by atoms with Crippen LogP contribution in [0, 0.1) is 0 Å². The summed E-state index contributed by atoms with van der Waals surface area (Å²) < 4.78 is 46.9. The van der Waals surface area contributed by atoms with Crippen LogP contribution in [0.2, 0.25) is 0 Å². The van der Waals surface area contributed by atoms with Gasteiger partial charge in [0.1, 0.15) is 0 Å². The molecule has 76 heavy (non-hydrogen) atoms. The van der Waals surface area contributed by atoms with Gasteiger partial charge < -0.3 is 18.9 Å². The zero-order chi connectivity index (χ0) is 55.5. The molecule has 0 radical (unpaired) electrons. The number of unbranched alkanes of at least 4 members (excludes halogenated alkanes) is 44. The van der Waals surface area contributed by atoms with Crippen LogP contribution in [0.4, 0.5) is 0 Å². The zero-order valence-electron chi connectivity index (χ0n) is 50.3. The Morgan fingerprint density at radius 1 is 0.263 bits per heavy atom. The van der Waals surface area contributed by atoms with Crippen molar-refractivity contribution in [3.8, 4) is 0 Å². The largest absolute Gasteiger partial charge is 0.699 e. The number of carbonyl (C=O) groups excluding carboxylic acids is 4. The summed E-state index contributed by atoms with van der Waals surface area (Å²) in [5.74, 6) is -3.08. The maximum atomic E-state index is 13.6. The van der Waals surface area contributed by atoms with Gasteiger partial charge in [-0.2, -0.15) is 0 Å². The van der Waals surface area contributed by atoms with Gasteiger partial charge in [0, 0.05) is 4.57 Å². The van der Waals surface area contributed by atoms with Crippen LogP contribution in [0.3, 0.4) is 0 Å². The van der Waals surface area contributed by atoms with Crippen molar-refractivity contribution in [1.82, 2.24) is 0 Å². The van der Waals surface area contributed by atoms with Gasteiger partial charge in [-0.1, -0.05) is 310 Å². The minimum Gasteiger partial charge on any atom is -0.466 e. The van der Waals surface area contributed by atoms with E-state index in [9.17, 15) is 23.7 Å². The van der Waals surface area contributed by atoms with Crippen LogP contribution in [-0.2, 0) is 51.7 Å². The summed E-state index contributed by atoms with van der Waals surface area (Å²) in [5.41, 5.74) is 0. The quantitative estimate of drug-likeness (QED) is 0.0249. The third kappa shape index (κ3) is 53.9. The normalized spacial score (nSPS) is 12.4. The van der Waals surface area contributed by atoms with E-state index in [4.69, 9.17) is 28.0 Å². The summed E-state index contributed by atoms with van der Waals surface area (Å²) in [4.78, 5) is 53.1. The Morgan fingerprint density at radius 3 is 0.632 bits per heavy atom. The molecule has 0 heterocycles. The molecule has 448 valence electrons. The van der Waals surface area contributed by atoms with Crippen molar-refractivity contribution >= 4 is 32.1 Å². The van der Waals surface area contributed by atoms with E-state index in [0.29, 0.717) is 25.7 Å². The predicted molar refractivity (Wildman–Crippen MR) is 315 cm³/mol. The molecule has 0 amide bonds. The van der Waals surface area contributed by atoms with Crippen molar-refractivity contribution in [2.45, 2.75) is 361 Å². The van der Waals surface area contributed by atoms with Gasteiger partial charge in [0.15, 0.2) is 0 Å².